The quantitative estimate of drug-likeness (QED) is 0.0199. The molecular formula is C78H125NO18. The number of amides is 1. The largest absolute Gasteiger partial charge is 0.394 e. The van der Waals surface area contributed by atoms with Crippen molar-refractivity contribution in [2.75, 3.05) is 26.4 Å². The maximum atomic E-state index is 13.4. The van der Waals surface area contributed by atoms with Crippen molar-refractivity contribution >= 4 is 5.91 Å². The lowest BCUT2D eigenvalue weighted by atomic mass is 9.96. The number of unbranched alkanes of at least 4 members (excludes halogenated alkanes) is 13. The van der Waals surface area contributed by atoms with Gasteiger partial charge in [-0.1, -0.05) is 236 Å². The lowest BCUT2D eigenvalue weighted by molar-refractivity contribution is -0.379. The Morgan fingerprint density at radius 3 is 1.11 bits per heavy atom. The molecule has 0 spiro atoms. The van der Waals surface area contributed by atoms with Crippen LogP contribution in [-0.2, 0) is 33.2 Å². The van der Waals surface area contributed by atoms with Crippen LogP contribution in [0.1, 0.15) is 194 Å². The van der Waals surface area contributed by atoms with Gasteiger partial charge in [-0.2, -0.15) is 0 Å². The molecule has 17 unspecified atom stereocenters. The van der Waals surface area contributed by atoms with E-state index >= 15 is 0 Å². The van der Waals surface area contributed by atoms with E-state index in [4.69, 9.17) is 28.4 Å². The van der Waals surface area contributed by atoms with Crippen LogP contribution in [0.25, 0.3) is 0 Å². The summed E-state index contributed by atoms with van der Waals surface area (Å²) in [6.45, 7) is 1.54. The fraction of sp³-hybridized carbons (Fsp3) is 0.654. The van der Waals surface area contributed by atoms with Crippen LogP contribution >= 0.6 is 0 Å². The summed E-state index contributed by atoms with van der Waals surface area (Å²) in [4.78, 5) is 13.4. The normalized spacial score (nSPS) is 27.9. The summed E-state index contributed by atoms with van der Waals surface area (Å²) >= 11 is 0. The molecule has 3 rings (SSSR count). The van der Waals surface area contributed by atoms with Crippen molar-refractivity contribution < 1.29 is 89.4 Å². The first-order valence-electron chi connectivity index (χ1n) is 36.2. The summed E-state index contributed by atoms with van der Waals surface area (Å²) in [5, 5.41) is 120. The fourth-order valence-corrected chi connectivity index (χ4v) is 11.0. The molecular weight excluding hydrogens is 1240 g/mol. The molecule has 0 aromatic heterocycles. The summed E-state index contributed by atoms with van der Waals surface area (Å²) in [6, 6.07) is -1.01. The van der Waals surface area contributed by atoms with Gasteiger partial charge in [0, 0.05) is 6.42 Å². The van der Waals surface area contributed by atoms with Crippen molar-refractivity contribution in [3.63, 3.8) is 0 Å². The lowest BCUT2D eigenvalue weighted by Crippen LogP contribution is -2.66. The van der Waals surface area contributed by atoms with Crippen molar-refractivity contribution in [2.45, 2.75) is 298 Å². The zero-order valence-corrected chi connectivity index (χ0v) is 58.2. The van der Waals surface area contributed by atoms with Gasteiger partial charge in [0.2, 0.25) is 5.91 Å². The van der Waals surface area contributed by atoms with Gasteiger partial charge in [0.15, 0.2) is 18.9 Å². The van der Waals surface area contributed by atoms with E-state index in [9.17, 15) is 61.0 Å². The monoisotopic (exact) mass is 1360 g/mol. The van der Waals surface area contributed by atoms with Gasteiger partial charge in [-0.25, -0.2) is 0 Å². The minimum atomic E-state index is -1.99. The zero-order valence-electron chi connectivity index (χ0n) is 58.2. The molecule has 12 N–H and O–H groups in total. The molecule has 0 aromatic rings. The number of nitrogens with one attached hydrogen (secondary N) is 1. The van der Waals surface area contributed by atoms with E-state index < -0.39 is 124 Å². The summed E-state index contributed by atoms with van der Waals surface area (Å²) in [5.41, 5.74) is 0. The summed E-state index contributed by atoms with van der Waals surface area (Å²) < 4.78 is 34.3. The van der Waals surface area contributed by atoms with Gasteiger partial charge in [-0.3, -0.25) is 4.79 Å². The van der Waals surface area contributed by atoms with E-state index in [1.165, 1.54) is 51.4 Å². The number of carbonyl (C=O) groups is 1. The molecule has 3 aliphatic heterocycles. The highest BCUT2D eigenvalue weighted by atomic mass is 16.8. The molecule has 19 nitrogen and oxygen atoms in total. The van der Waals surface area contributed by atoms with Gasteiger partial charge < -0.3 is 89.9 Å². The molecule has 0 aliphatic carbocycles. The maximum absolute atomic E-state index is 13.4. The first-order chi connectivity index (χ1) is 47.3. The van der Waals surface area contributed by atoms with Crippen LogP contribution in [0.5, 0.6) is 0 Å². The van der Waals surface area contributed by atoms with Crippen molar-refractivity contribution in [2.24, 2.45) is 0 Å². The number of aliphatic hydroxyl groups excluding tert-OH is 11. The van der Waals surface area contributed by atoms with Crippen molar-refractivity contribution in [1.29, 1.82) is 0 Å². The summed E-state index contributed by atoms with van der Waals surface area (Å²) in [7, 11) is 0. The Morgan fingerprint density at radius 1 is 0.381 bits per heavy atom. The third-order valence-electron chi connectivity index (χ3n) is 16.8. The molecule has 97 heavy (non-hydrogen) atoms. The molecule has 0 bridgehead atoms. The number of ether oxygens (including phenoxy) is 6. The van der Waals surface area contributed by atoms with Crippen LogP contribution in [0, 0.1) is 0 Å². The number of hydrogen-bond acceptors (Lipinski definition) is 18. The highest BCUT2D eigenvalue weighted by molar-refractivity contribution is 5.76. The Morgan fingerprint density at radius 2 is 0.711 bits per heavy atom. The Labute approximate surface area is 580 Å². The average Bonchev–Trinajstić information content (AvgIpc) is 0.809. The molecule has 19 heteroatoms. The van der Waals surface area contributed by atoms with E-state index in [1.54, 1.807) is 6.08 Å². The molecule has 1 amide bonds. The van der Waals surface area contributed by atoms with Crippen LogP contribution < -0.4 is 5.32 Å². The van der Waals surface area contributed by atoms with Gasteiger partial charge >= 0.3 is 0 Å². The predicted molar refractivity (Wildman–Crippen MR) is 382 cm³/mol. The Balaban J connectivity index is 1.38. The molecule has 3 fully saturated rings. The third-order valence-corrected chi connectivity index (χ3v) is 16.8. The van der Waals surface area contributed by atoms with Crippen LogP contribution in [0.15, 0.2) is 158 Å². The molecule has 550 valence electrons. The standard InChI is InChI=1S/C78H125NO18/c1-3-5-7-9-11-13-15-17-18-19-20-21-22-23-24-25-26-27-28-29-30-31-32-33-34-35-36-37-38-39-40-41-42-44-46-48-50-52-54-56-66(84)79-61(62(83)55-53-51-49-47-45-43-16-14-12-10-8-6-4-2)60-92-76-72(90)69(87)74(64(58-81)94-76)97-78-73(91)70(88)75(65(59-82)95-78)96-77-71(89)68(86)67(85)63(57-80)93-77/h5,7,11,13,17-18,20-21,23-24,26-27,29-30,32-33,35-36,38-39,41-42,46,48,53,55,61-65,67-78,80-83,85-91H,3-4,6,8-10,12,14-16,19,22,25,28,31,34,37,40,43-45,47,49-52,54,56-60H2,1-2H3,(H,79,84)/b7-5-,13-11-,18-17-,21-20-,24-23-,27-26-,30-29-,33-32-,36-35-,39-38-,42-41-,48-46-,55-53+. The van der Waals surface area contributed by atoms with Crippen molar-refractivity contribution in [3.8, 4) is 0 Å². The van der Waals surface area contributed by atoms with E-state index in [2.05, 4.69) is 165 Å². The van der Waals surface area contributed by atoms with E-state index in [-0.39, 0.29) is 18.9 Å². The van der Waals surface area contributed by atoms with Crippen LogP contribution in [0.2, 0.25) is 0 Å². The molecule has 0 saturated carbocycles. The fourth-order valence-electron chi connectivity index (χ4n) is 11.0. The second-order valence-corrected chi connectivity index (χ2v) is 25.0. The minimum Gasteiger partial charge on any atom is -0.394 e. The van der Waals surface area contributed by atoms with Gasteiger partial charge in [0.25, 0.3) is 0 Å². The predicted octanol–water partition coefficient (Wildman–Crippen LogP) is 10.5. The zero-order chi connectivity index (χ0) is 70.4. The van der Waals surface area contributed by atoms with Crippen molar-refractivity contribution in [3.05, 3.63) is 158 Å². The summed E-state index contributed by atoms with van der Waals surface area (Å²) in [6.07, 6.45) is 56.6. The van der Waals surface area contributed by atoms with Crippen LogP contribution in [-0.4, -0.2) is 193 Å². The second-order valence-electron chi connectivity index (χ2n) is 25.0. The van der Waals surface area contributed by atoms with Gasteiger partial charge in [-0.15, -0.1) is 0 Å². The first kappa shape index (κ1) is 86.6. The smallest absolute Gasteiger partial charge is 0.220 e. The number of hydrogen-bond donors (Lipinski definition) is 12. The van der Waals surface area contributed by atoms with Crippen LogP contribution in [0.3, 0.4) is 0 Å². The highest BCUT2D eigenvalue weighted by Crippen LogP contribution is 2.33. The first-order valence-corrected chi connectivity index (χ1v) is 36.2. The Hall–Kier alpha value is -4.59. The molecule has 0 radical (unpaired) electrons. The van der Waals surface area contributed by atoms with E-state index in [1.807, 2.05) is 6.08 Å². The number of rotatable bonds is 53. The molecule has 3 heterocycles. The van der Waals surface area contributed by atoms with E-state index in [0.29, 0.717) is 6.42 Å². The molecule has 3 aliphatic rings. The minimum absolute atomic E-state index is 0.177. The molecule has 17 atom stereocenters. The Kier molecular flexibility index (Phi) is 51.0. The number of allylic oxidation sites excluding steroid dienone is 25. The third kappa shape index (κ3) is 38.1. The molecule has 3 saturated heterocycles. The SMILES string of the molecule is CC/C=C\C/C=C\C/C=C\C/C=C\C/C=C\C/C=C\C/C=C\C/C=C\C/C=C\C/C=C\C/C=C\C/C=C\CCCCC(=O)NC(COC1OC(CO)C(OC2OC(CO)C(OC3OC(CO)C(O)C(O)C3O)C(O)C2O)C(O)C1O)C(O)/C=C/CCCCCCCCCCCCC. The molecule has 0 aromatic carbocycles. The van der Waals surface area contributed by atoms with Crippen molar-refractivity contribution in [1.82, 2.24) is 5.32 Å². The van der Waals surface area contributed by atoms with Gasteiger partial charge in [0.05, 0.1) is 38.6 Å². The maximum Gasteiger partial charge on any atom is 0.220 e. The summed E-state index contributed by atoms with van der Waals surface area (Å²) in [5.74, 6) is -0.326. The topological polar surface area (TPSA) is 307 Å². The number of carbonyl (C=O) groups excluding carboxylic acids is 1. The van der Waals surface area contributed by atoms with Gasteiger partial charge in [0.1, 0.15) is 73.2 Å². The van der Waals surface area contributed by atoms with E-state index in [0.717, 1.165) is 116 Å². The Bertz CT molecular complexity index is 2370. The number of aliphatic hydroxyl groups is 11. The average molecular weight is 1360 g/mol. The van der Waals surface area contributed by atoms with Crippen LogP contribution in [0.4, 0.5) is 0 Å². The lowest BCUT2D eigenvalue weighted by Gasteiger charge is -2.48. The van der Waals surface area contributed by atoms with Gasteiger partial charge in [-0.05, 0) is 109 Å². The highest BCUT2D eigenvalue weighted by Gasteiger charge is 2.53. The second kappa shape index (κ2) is 57.1.